The van der Waals surface area contributed by atoms with Crippen LogP contribution in [0.3, 0.4) is 0 Å². The van der Waals surface area contributed by atoms with Gasteiger partial charge >= 0.3 is 0 Å². The fraction of sp³-hybridized carbons (Fsp3) is 0.571. The lowest BCUT2D eigenvalue weighted by Crippen LogP contribution is -2.27. The van der Waals surface area contributed by atoms with Crippen LogP contribution in [0.25, 0.3) is 0 Å². The van der Waals surface area contributed by atoms with Crippen LogP contribution in [0.1, 0.15) is 37.3 Å². The molecule has 1 aliphatic rings. The van der Waals surface area contributed by atoms with E-state index in [-0.39, 0.29) is 0 Å². The third kappa shape index (κ3) is 2.38. The van der Waals surface area contributed by atoms with Crippen LogP contribution in [0.4, 0.5) is 5.69 Å². The number of benzene rings is 1. The minimum absolute atomic E-state index is 0.637. The normalized spacial score (nSPS) is 15.2. The molecule has 0 aliphatic heterocycles. The van der Waals surface area contributed by atoms with Crippen LogP contribution in [0.5, 0.6) is 0 Å². The highest BCUT2D eigenvalue weighted by atomic mass is 15.2. The molecule has 2 nitrogen and oxygen atoms in total. The van der Waals surface area contributed by atoms with E-state index in [1.807, 2.05) is 0 Å². The van der Waals surface area contributed by atoms with Gasteiger partial charge in [-0.1, -0.05) is 19.1 Å². The molecule has 0 heterocycles. The summed E-state index contributed by atoms with van der Waals surface area (Å²) in [6.07, 6.45) is 3.94. The van der Waals surface area contributed by atoms with Gasteiger partial charge in [0.25, 0.3) is 0 Å². The van der Waals surface area contributed by atoms with Crippen LogP contribution < -0.4 is 10.6 Å². The second kappa shape index (κ2) is 4.88. The lowest BCUT2D eigenvalue weighted by Gasteiger charge is -2.26. The molecule has 16 heavy (non-hydrogen) atoms. The molecule has 1 aliphatic carbocycles. The van der Waals surface area contributed by atoms with E-state index < -0.39 is 0 Å². The number of anilines is 1. The minimum atomic E-state index is 0.637. The highest BCUT2D eigenvalue weighted by Gasteiger charge is 2.29. The van der Waals surface area contributed by atoms with E-state index in [4.69, 9.17) is 5.73 Å². The molecule has 0 radical (unpaired) electrons. The van der Waals surface area contributed by atoms with Crippen molar-refractivity contribution in [2.45, 2.75) is 45.7 Å². The molecule has 0 spiro atoms. The molecular formula is C14H22N2. The second-order valence-electron chi connectivity index (χ2n) is 4.75. The maximum atomic E-state index is 5.66. The van der Waals surface area contributed by atoms with Crippen LogP contribution in [0.2, 0.25) is 0 Å². The van der Waals surface area contributed by atoms with Gasteiger partial charge in [0.1, 0.15) is 0 Å². The molecule has 0 bridgehead atoms. The highest BCUT2D eigenvalue weighted by molar-refractivity contribution is 5.56. The summed E-state index contributed by atoms with van der Waals surface area (Å²) < 4.78 is 0. The Kier molecular flexibility index (Phi) is 3.49. The van der Waals surface area contributed by atoms with E-state index in [0.29, 0.717) is 6.54 Å². The monoisotopic (exact) mass is 218 g/mol. The molecule has 0 amide bonds. The van der Waals surface area contributed by atoms with Crippen LogP contribution in [-0.4, -0.2) is 12.6 Å². The number of nitrogens with zero attached hydrogens (tertiary/aromatic N) is 1. The predicted molar refractivity (Wildman–Crippen MR) is 69.7 cm³/mol. The molecule has 0 atom stereocenters. The first-order valence-electron chi connectivity index (χ1n) is 6.32. The van der Waals surface area contributed by atoms with Gasteiger partial charge in [-0.15, -0.1) is 0 Å². The fourth-order valence-electron chi connectivity index (χ4n) is 2.29. The van der Waals surface area contributed by atoms with E-state index in [2.05, 4.69) is 36.9 Å². The fourth-order valence-corrected chi connectivity index (χ4v) is 2.29. The summed E-state index contributed by atoms with van der Waals surface area (Å²) in [5.74, 6) is 0. The molecular weight excluding hydrogens is 196 g/mol. The average molecular weight is 218 g/mol. The van der Waals surface area contributed by atoms with Crippen LogP contribution in [0, 0.1) is 6.92 Å². The van der Waals surface area contributed by atoms with Gasteiger partial charge in [0, 0.05) is 24.8 Å². The lowest BCUT2D eigenvalue weighted by molar-refractivity contribution is 0.760. The Morgan fingerprint density at radius 3 is 2.62 bits per heavy atom. The standard InChI is InChI=1S/C14H22N2/c1-3-8-16(13-5-6-13)14-7-4-12(10-15)9-11(14)2/h4,7,9,13H,3,5-6,8,10,15H2,1-2H3. The number of aryl methyl sites for hydroxylation is 1. The van der Waals surface area contributed by atoms with Crippen LogP contribution in [-0.2, 0) is 6.54 Å². The Labute approximate surface area is 98.4 Å². The molecule has 1 aromatic carbocycles. The zero-order chi connectivity index (χ0) is 11.5. The van der Waals surface area contributed by atoms with Gasteiger partial charge in [0.2, 0.25) is 0 Å². The summed E-state index contributed by atoms with van der Waals surface area (Å²) in [7, 11) is 0. The first-order chi connectivity index (χ1) is 7.76. The van der Waals surface area contributed by atoms with Crippen molar-refractivity contribution in [3.05, 3.63) is 29.3 Å². The summed E-state index contributed by atoms with van der Waals surface area (Å²) in [6.45, 7) is 6.25. The van der Waals surface area contributed by atoms with Crippen molar-refractivity contribution in [1.82, 2.24) is 0 Å². The van der Waals surface area contributed by atoms with E-state index in [0.717, 1.165) is 6.04 Å². The molecule has 1 aromatic rings. The quantitative estimate of drug-likeness (QED) is 0.823. The number of nitrogens with two attached hydrogens (primary N) is 1. The summed E-state index contributed by atoms with van der Waals surface area (Å²) in [5, 5.41) is 0. The third-order valence-corrected chi connectivity index (χ3v) is 3.26. The van der Waals surface area contributed by atoms with Crippen molar-refractivity contribution in [3.63, 3.8) is 0 Å². The van der Waals surface area contributed by atoms with Gasteiger partial charge in [-0.3, -0.25) is 0 Å². The SMILES string of the molecule is CCCN(c1ccc(CN)cc1C)C1CC1. The molecule has 2 heteroatoms. The van der Waals surface area contributed by atoms with Gasteiger partial charge in [0.15, 0.2) is 0 Å². The van der Waals surface area contributed by atoms with Gasteiger partial charge < -0.3 is 10.6 Å². The molecule has 0 aromatic heterocycles. The highest BCUT2D eigenvalue weighted by Crippen LogP contribution is 2.33. The molecule has 0 unspecified atom stereocenters. The van der Waals surface area contributed by atoms with Gasteiger partial charge in [-0.2, -0.15) is 0 Å². The Morgan fingerprint density at radius 2 is 2.12 bits per heavy atom. The predicted octanol–water partition coefficient (Wildman–Crippen LogP) is 2.83. The second-order valence-corrected chi connectivity index (χ2v) is 4.75. The molecule has 1 saturated carbocycles. The first-order valence-corrected chi connectivity index (χ1v) is 6.32. The van der Waals surface area contributed by atoms with Crippen molar-refractivity contribution >= 4 is 5.69 Å². The van der Waals surface area contributed by atoms with Crippen molar-refractivity contribution in [2.24, 2.45) is 5.73 Å². The molecule has 1 fully saturated rings. The topological polar surface area (TPSA) is 29.3 Å². The molecule has 2 rings (SSSR count). The van der Waals surface area contributed by atoms with Gasteiger partial charge in [-0.25, -0.2) is 0 Å². The van der Waals surface area contributed by atoms with E-state index >= 15 is 0 Å². The van der Waals surface area contributed by atoms with Gasteiger partial charge in [0.05, 0.1) is 0 Å². The third-order valence-electron chi connectivity index (χ3n) is 3.26. The summed E-state index contributed by atoms with van der Waals surface area (Å²) in [6, 6.07) is 7.42. The zero-order valence-electron chi connectivity index (χ0n) is 10.4. The maximum absolute atomic E-state index is 5.66. The lowest BCUT2D eigenvalue weighted by atomic mass is 10.1. The summed E-state index contributed by atoms with van der Waals surface area (Å²) >= 11 is 0. The molecule has 2 N–H and O–H groups in total. The first kappa shape index (κ1) is 11.5. The number of rotatable bonds is 5. The van der Waals surface area contributed by atoms with Crippen LogP contribution >= 0.6 is 0 Å². The Hall–Kier alpha value is -1.02. The Morgan fingerprint density at radius 1 is 1.38 bits per heavy atom. The number of hydrogen-bond donors (Lipinski definition) is 1. The largest absolute Gasteiger partial charge is 0.368 e. The van der Waals surface area contributed by atoms with Crippen molar-refractivity contribution in [1.29, 1.82) is 0 Å². The van der Waals surface area contributed by atoms with Crippen LogP contribution in [0.15, 0.2) is 18.2 Å². The number of hydrogen-bond acceptors (Lipinski definition) is 2. The maximum Gasteiger partial charge on any atom is 0.0398 e. The van der Waals surface area contributed by atoms with Crippen molar-refractivity contribution in [3.8, 4) is 0 Å². The van der Waals surface area contributed by atoms with Crippen molar-refractivity contribution in [2.75, 3.05) is 11.4 Å². The minimum Gasteiger partial charge on any atom is -0.368 e. The van der Waals surface area contributed by atoms with Crippen molar-refractivity contribution < 1.29 is 0 Å². The zero-order valence-corrected chi connectivity index (χ0v) is 10.4. The van der Waals surface area contributed by atoms with E-state index in [1.165, 1.54) is 42.6 Å². The van der Waals surface area contributed by atoms with E-state index in [9.17, 15) is 0 Å². The summed E-state index contributed by atoms with van der Waals surface area (Å²) in [5.41, 5.74) is 9.66. The average Bonchev–Trinajstić information content (AvgIpc) is 3.10. The summed E-state index contributed by atoms with van der Waals surface area (Å²) in [4.78, 5) is 2.57. The Balaban J connectivity index is 2.22. The molecule has 88 valence electrons. The molecule has 0 saturated heterocycles. The smallest absolute Gasteiger partial charge is 0.0398 e. The van der Waals surface area contributed by atoms with Gasteiger partial charge in [-0.05, 0) is 43.4 Å². The van der Waals surface area contributed by atoms with E-state index in [1.54, 1.807) is 0 Å². The Bertz CT molecular complexity index is 356.